The molecular formula is C26H38N6O4. The first kappa shape index (κ1) is 25.9. The number of urea groups is 1. The third-order valence-electron chi connectivity index (χ3n) is 7.55. The minimum Gasteiger partial charge on any atom is -0.457 e. The molecular weight excluding hydrogens is 460 g/mol. The molecule has 196 valence electrons. The third kappa shape index (κ3) is 6.75. The fraction of sp³-hybridized carbons (Fsp3) is 0.615. The van der Waals surface area contributed by atoms with Gasteiger partial charge in [-0.1, -0.05) is 6.42 Å². The summed E-state index contributed by atoms with van der Waals surface area (Å²) in [5, 5.41) is 13.8. The summed E-state index contributed by atoms with van der Waals surface area (Å²) >= 11 is 0. The van der Waals surface area contributed by atoms with E-state index in [9.17, 15) is 14.4 Å². The summed E-state index contributed by atoms with van der Waals surface area (Å²) in [5.41, 5.74) is 7.28. The lowest BCUT2D eigenvalue weighted by atomic mass is 9.86. The molecule has 0 spiro atoms. The third-order valence-corrected chi connectivity index (χ3v) is 7.55. The van der Waals surface area contributed by atoms with Crippen LogP contribution in [0.5, 0.6) is 0 Å². The van der Waals surface area contributed by atoms with E-state index in [-0.39, 0.29) is 48.2 Å². The summed E-state index contributed by atoms with van der Waals surface area (Å²) in [5.74, 6) is -0.493. The quantitative estimate of drug-likeness (QED) is 0.254. The van der Waals surface area contributed by atoms with Crippen molar-refractivity contribution in [2.45, 2.75) is 57.0 Å². The Kier molecular flexibility index (Phi) is 8.79. The molecule has 2 aliphatic heterocycles. The molecule has 1 aromatic carbocycles. The van der Waals surface area contributed by atoms with Crippen LogP contribution in [0.4, 0.5) is 10.5 Å². The highest BCUT2D eigenvalue weighted by Crippen LogP contribution is 2.26. The number of amidine groups is 1. The molecule has 1 unspecified atom stereocenters. The van der Waals surface area contributed by atoms with E-state index in [1.165, 1.54) is 0 Å². The molecule has 1 aliphatic carbocycles. The van der Waals surface area contributed by atoms with Crippen molar-refractivity contribution < 1.29 is 19.1 Å². The van der Waals surface area contributed by atoms with Crippen molar-refractivity contribution in [2.24, 2.45) is 11.7 Å². The lowest BCUT2D eigenvalue weighted by molar-refractivity contribution is -0.153. The number of nitrogens with zero attached hydrogens (tertiary/aromatic N) is 2. The number of hydrogen-bond acceptors (Lipinski definition) is 7. The number of carbonyl (C=O) groups excluding carboxylic acids is 3. The maximum absolute atomic E-state index is 12.8. The van der Waals surface area contributed by atoms with E-state index in [2.05, 4.69) is 15.5 Å². The van der Waals surface area contributed by atoms with Crippen LogP contribution in [0.1, 0.15) is 50.5 Å². The van der Waals surface area contributed by atoms with E-state index in [1.54, 1.807) is 0 Å². The van der Waals surface area contributed by atoms with Gasteiger partial charge in [0.15, 0.2) is 12.4 Å². The van der Waals surface area contributed by atoms with Crippen molar-refractivity contribution in [3.05, 3.63) is 29.8 Å². The number of anilines is 1. The van der Waals surface area contributed by atoms with Crippen LogP contribution in [-0.2, 0) is 14.3 Å². The maximum atomic E-state index is 12.8. The molecule has 36 heavy (non-hydrogen) atoms. The summed E-state index contributed by atoms with van der Waals surface area (Å²) in [7, 11) is 0. The van der Waals surface area contributed by atoms with Gasteiger partial charge in [0.1, 0.15) is 5.84 Å². The first-order valence-corrected chi connectivity index (χ1v) is 13.1. The summed E-state index contributed by atoms with van der Waals surface area (Å²) in [4.78, 5) is 41.5. The monoisotopic (exact) mass is 498 g/mol. The van der Waals surface area contributed by atoms with Crippen molar-refractivity contribution in [2.75, 3.05) is 44.2 Å². The molecule has 0 bridgehead atoms. The fourth-order valence-electron chi connectivity index (χ4n) is 5.25. The average Bonchev–Trinajstić information content (AvgIpc) is 2.92. The SMILES string of the molecule is N=C(N)c1ccc(N2CCN(C(=O)NC3CCC(C(=O)OCC(=O)C4CCCCN4)CC3)CC2)cc1. The Morgan fingerprint density at radius 2 is 1.69 bits per heavy atom. The molecule has 1 saturated carbocycles. The van der Waals surface area contributed by atoms with Crippen LogP contribution in [0, 0.1) is 11.3 Å². The van der Waals surface area contributed by atoms with Gasteiger partial charge in [-0.3, -0.25) is 15.0 Å². The van der Waals surface area contributed by atoms with Crippen LogP contribution in [0.15, 0.2) is 24.3 Å². The molecule has 2 saturated heterocycles. The Morgan fingerprint density at radius 1 is 1.00 bits per heavy atom. The molecule has 0 aromatic heterocycles. The van der Waals surface area contributed by atoms with Crippen molar-refractivity contribution in [3.8, 4) is 0 Å². The van der Waals surface area contributed by atoms with Gasteiger partial charge in [-0.05, 0) is 69.3 Å². The number of carbonyl (C=O) groups is 3. The number of ketones is 1. The van der Waals surface area contributed by atoms with E-state index in [0.717, 1.165) is 57.4 Å². The molecule has 5 N–H and O–H groups in total. The number of nitrogens with two attached hydrogens (primary N) is 1. The molecule has 2 amide bonds. The highest BCUT2D eigenvalue weighted by atomic mass is 16.5. The number of amides is 2. The van der Waals surface area contributed by atoms with Gasteiger partial charge < -0.3 is 30.9 Å². The number of piperidine rings is 1. The van der Waals surface area contributed by atoms with Gasteiger partial charge in [0.25, 0.3) is 0 Å². The number of rotatable bonds is 7. The van der Waals surface area contributed by atoms with Gasteiger partial charge >= 0.3 is 12.0 Å². The number of piperazine rings is 1. The lowest BCUT2D eigenvalue weighted by Crippen LogP contribution is -2.54. The standard InChI is InChI=1S/C26H38N6O4/c27-24(28)18-6-10-21(11-7-18)31-13-15-32(16-14-31)26(35)30-20-8-4-19(5-9-20)25(34)36-17-23(33)22-3-1-2-12-29-22/h6-7,10-11,19-20,22,29H,1-5,8-9,12-17H2,(H3,27,28)(H,30,35). The Bertz CT molecular complexity index is 930. The van der Waals surface area contributed by atoms with Crippen LogP contribution in [-0.4, -0.2) is 79.9 Å². The number of nitrogen functional groups attached to an aromatic ring is 1. The molecule has 10 nitrogen and oxygen atoms in total. The van der Waals surface area contributed by atoms with Crippen LogP contribution < -0.4 is 21.3 Å². The zero-order chi connectivity index (χ0) is 25.5. The van der Waals surface area contributed by atoms with Gasteiger partial charge in [-0.25, -0.2) is 4.79 Å². The number of ether oxygens (including phenoxy) is 1. The summed E-state index contributed by atoms with van der Waals surface area (Å²) in [6, 6.07) is 7.40. The number of nitrogens with one attached hydrogen (secondary N) is 3. The topological polar surface area (TPSA) is 141 Å². The molecule has 0 radical (unpaired) electrons. The van der Waals surface area contributed by atoms with Gasteiger partial charge in [0.2, 0.25) is 0 Å². The highest BCUT2D eigenvalue weighted by molar-refractivity contribution is 5.95. The van der Waals surface area contributed by atoms with E-state index in [4.69, 9.17) is 15.9 Å². The summed E-state index contributed by atoms with van der Waals surface area (Å²) in [6.45, 7) is 3.42. The molecule has 1 atom stereocenters. The van der Waals surface area contributed by atoms with Gasteiger partial charge in [0.05, 0.1) is 12.0 Å². The van der Waals surface area contributed by atoms with Crippen molar-refractivity contribution in [3.63, 3.8) is 0 Å². The normalized spacial score (nSPS) is 24.6. The molecule has 1 aromatic rings. The number of hydrogen-bond donors (Lipinski definition) is 4. The number of Topliss-reactive ketones (excluding diaryl/α,β-unsaturated/α-hetero) is 1. The first-order chi connectivity index (χ1) is 17.4. The van der Waals surface area contributed by atoms with E-state index in [0.29, 0.717) is 31.5 Å². The van der Waals surface area contributed by atoms with E-state index < -0.39 is 0 Å². The second-order valence-corrected chi connectivity index (χ2v) is 10.0. The number of benzene rings is 1. The lowest BCUT2D eigenvalue weighted by Gasteiger charge is -2.37. The zero-order valence-electron chi connectivity index (χ0n) is 20.8. The van der Waals surface area contributed by atoms with Crippen LogP contribution in [0.3, 0.4) is 0 Å². The van der Waals surface area contributed by atoms with Crippen LogP contribution in [0.2, 0.25) is 0 Å². The predicted octanol–water partition coefficient (Wildman–Crippen LogP) is 1.62. The van der Waals surface area contributed by atoms with Crippen molar-refractivity contribution >= 4 is 29.3 Å². The van der Waals surface area contributed by atoms with Crippen molar-refractivity contribution in [1.82, 2.24) is 15.5 Å². The second kappa shape index (κ2) is 12.2. The maximum Gasteiger partial charge on any atom is 0.317 e. The first-order valence-electron chi connectivity index (χ1n) is 13.1. The second-order valence-electron chi connectivity index (χ2n) is 10.0. The smallest absolute Gasteiger partial charge is 0.317 e. The highest BCUT2D eigenvalue weighted by Gasteiger charge is 2.31. The Balaban J connectivity index is 1.14. The Labute approximate surface area is 212 Å². The van der Waals surface area contributed by atoms with Crippen LogP contribution in [0.25, 0.3) is 0 Å². The predicted molar refractivity (Wildman–Crippen MR) is 137 cm³/mol. The van der Waals surface area contributed by atoms with Gasteiger partial charge in [-0.15, -0.1) is 0 Å². The summed E-state index contributed by atoms with van der Waals surface area (Å²) < 4.78 is 5.33. The minimum atomic E-state index is -0.295. The largest absolute Gasteiger partial charge is 0.457 e. The molecule has 3 fully saturated rings. The van der Waals surface area contributed by atoms with E-state index in [1.807, 2.05) is 29.2 Å². The van der Waals surface area contributed by atoms with Gasteiger partial charge in [-0.2, -0.15) is 0 Å². The van der Waals surface area contributed by atoms with Crippen LogP contribution >= 0.6 is 0 Å². The van der Waals surface area contributed by atoms with E-state index >= 15 is 0 Å². The Morgan fingerprint density at radius 3 is 2.31 bits per heavy atom. The molecule has 2 heterocycles. The van der Waals surface area contributed by atoms with Crippen molar-refractivity contribution in [1.29, 1.82) is 5.41 Å². The number of esters is 1. The Hall–Kier alpha value is -3.14. The van der Waals surface area contributed by atoms with Gasteiger partial charge in [0, 0.05) is 43.5 Å². The molecule has 3 aliphatic rings. The summed E-state index contributed by atoms with van der Waals surface area (Å²) in [6.07, 6.45) is 5.69. The molecule has 4 rings (SSSR count). The molecule has 10 heteroatoms. The minimum absolute atomic E-state index is 0.0443. The average molecular weight is 499 g/mol. The fourth-order valence-corrected chi connectivity index (χ4v) is 5.25. The zero-order valence-corrected chi connectivity index (χ0v) is 20.8.